The molecule has 62 valence electrons. The third-order valence-corrected chi connectivity index (χ3v) is 1.86. The second-order valence-corrected chi connectivity index (χ2v) is 3.12. The fourth-order valence-corrected chi connectivity index (χ4v) is 1.18. The molecule has 0 aliphatic carbocycles. The lowest BCUT2D eigenvalue weighted by molar-refractivity contribution is 0.514. The van der Waals surface area contributed by atoms with Gasteiger partial charge in [-0.3, -0.25) is 0 Å². The fourth-order valence-electron chi connectivity index (χ4n) is 0.819. The summed E-state index contributed by atoms with van der Waals surface area (Å²) in [6.45, 7) is 3.31. The second-order valence-electron chi connectivity index (χ2n) is 2.20. The lowest BCUT2D eigenvalue weighted by Crippen LogP contribution is -1.81. The Morgan fingerprint density at radius 2 is 2.25 bits per heavy atom. The standard InChI is InChI=1S/C8H6BrNO2/c1-5(11)7-4-6(9)2-3-8(7)10-12/h2-4,11H,1H2. The highest BCUT2D eigenvalue weighted by atomic mass is 79.9. The van der Waals surface area contributed by atoms with Crippen LogP contribution < -0.4 is 0 Å². The van der Waals surface area contributed by atoms with E-state index in [1.807, 2.05) is 0 Å². The van der Waals surface area contributed by atoms with Gasteiger partial charge in [0.2, 0.25) is 0 Å². The molecule has 1 aromatic carbocycles. The third-order valence-electron chi connectivity index (χ3n) is 1.37. The molecule has 0 saturated carbocycles. The maximum atomic E-state index is 10.2. The van der Waals surface area contributed by atoms with Crippen molar-refractivity contribution in [1.82, 2.24) is 0 Å². The molecule has 0 aliphatic rings. The maximum Gasteiger partial charge on any atom is 0.118 e. The minimum absolute atomic E-state index is 0.161. The fraction of sp³-hybridized carbons (Fsp3) is 0. The first kappa shape index (κ1) is 8.93. The van der Waals surface area contributed by atoms with Gasteiger partial charge in [0.15, 0.2) is 0 Å². The van der Waals surface area contributed by atoms with Crippen LogP contribution in [0.1, 0.15) is 5.56 Å². The molecular weight excluding hydrogens is 222 g/mol. The smallest absolute Gasteiger partial charge is 0.118 e. The SMILES string of the molecule is C=C(O)c1cc(Br)ccc1N=O. The van der Waals surface area contributed by atoms with Crippen LogP contribution in [0, 0.1) is 4.91 Å². The molecule has 0 unspecified atom stereocenters. The number of benzene rings is 1. The van der Waals surface area contributed by atoms with Gasteiger partial charge in [-0.15, -0.1) is 4.91 Å². The molecule has 0 heterocycles. The minimum Gasteiger partial charge on any atom is -0.508 e. The van der Waals surface area contributed by atoms with Crippen molar-refractivity contribution in [3.63, 3.8) is 0 Å². The lowest BCUT2D eigenvalue weighted by Gasteiger charge is -2.00. The monoisotopic (exact) mass is 227 g/mol. The van der Waals surface area contributed by atoms with E-state index in [-0.39, 0.29) is 11.4 Å². The molecule has 12 heavy (non-hydrogen) atoms. The van der Waals surface area contributed by atoms with Gasteiger partial charge >= 0.3 is 0 Å². The van der Waals surface area contributed by atoms with Crippen molar-refractivity contribution >= 4 is 27.4 Å². The lowest BCUT2D eigenvalue weighted by atomic mass is 10.1. The van der Waals surface area contributed by atoms with Crippen LogP contribution >= 0.6 is 15.9 Å². The van der Waals surface area contributed by atoms with Crippen LogP contribution in [0.4, 0.5) is 5.69 Å². The predicted octanol–water partition coefficient (Wildman–Crippen LogP) is 3.38. The van der Waals surface area contributed by atoms with Gasteiger partial charge < -0.3 is 5.11 Å². The number of nitrogens with zero attached hydrogens (tertiary/aromatic N) is 1. The van der Waals surface area contributed by atoms with Gasteiger partial charge in [-0.1, -0.05) is 22.5 Å². The summed E-state index contributed by atoms with van der Waals surface area (Å²) >= 11 is 3.20. The van der Waals surface area contributed by atoms with E-state index in [9.17, 15) is 4.91 Å². The number of aliphatic hydroxyl groups excluding tert-OH is 1. The van der Waals surface area contributed by atoms with Crippen molar-refractivity contribution < 1.29 is 5.11 Å². The molecule has 0 radical (unpaired) electrons. The summed E-state index contributed by atoms with van der Waals surface area (Å²) in [6.07, 6.45) is 0. The zero-order valence-corrected chi connectivity index (χ0v) is 7.71. The highest BCUT2D eigenvalue weighted by Gasteiger charge is 2.05. The molecule has 4 heteroatoms. The Kier molecular flexibility index (Phi) is 2.60. The summed E-state index contributed by atoms with van der Waals surface area (Å²) in [6, 6.07) is 4.76. The molecule has 1 rings (SSSR count). The maximum absolute atomic E-state index is 10.2. The van der Waals surface area contributed by atoms with E-state index in [0.717, 1.165) is 4.47 Å². The van der Waals surface area contributed by atoms with E-state index in [1.54, 1.807) is 12.1 Å². The number of hydrogen-bond acceptors (Lipinski definition) is 3. The first-order valence-corrected chi connectivity index (χ1v) is 3.95. The molecule has 0 atom stereocenters. The van der Waals surface area contributed by atoms with E-state index in [0.29, 0.717) is 5.56 Å². The Hall–Kier alpha value is -1.16. The number of aliphatic hydroxyl groups is 1. The summed E-state index contributed by atoms with van der Waals surface area (Å²) in [5.41, 5.74) is 0.532. The van der Waals surface area contributed by atoms with Gasteiger partial charge in [-0.25, -0.2) is 0 Å². The highest BCUT2D eigenvalue weighted by Crippen LogP contribution is 2.27. The van der Waals surface area contributed by atoms with Crippen LogP contribution in [-0.4, -0.2) is 5.11 Å². The minimum atomic E-state index is -0.161. The Morgan fingerprint density at radius 1 is 1.58 bits per heavy atom. The molecule has 0 aromatic heterocycles. The summed E-state index contributed by atoms with van der Waals surface area (Å²) < 4.78 is 0.764. The van der Waals surface area contributed by atoms with Gasteiger partial charge in [0.25, 0.3) is 0 Å². The Bertz CT molecular complexity index is 336. The Morgan fingerprint density at radius 3 is 2.75 bits per heavy atom. The van der Waals surface area contributed by atoms with Gasteiger partial charge in [-0.05, 0) is 23.4 Å². The topological polar surface area (TPSA) is 49.7 Å². The van der Waals surface area contributed by atoms with Crippen molar-refractivity contribution in [1.29, 1.82) is 0 Å². The number of hydrogen-bond donors (Lipinski definition) is 1. The van der Waals surface area contributed by atoms with Crippen molar-refractivity contribution in [2.45, 2.75) is 0 Å². The largest absolute Gasteiger partial charge is 0.508 e. The van der Waals surface area contributed by atoms with E-state index in [4.69, 9.17) is 5.11 Å². The average molecular weight is 228 g/mol. The van der Waals surface area contributed by atoms with Crippen molar-refractivity contribution in [3.8, 4) is 0 Å². The first-order chi connectivity index (χ1) is 5.65. The molecule has 0 bridgehead atoms. The van der Waals surface area contributed by atoms with Crippen LogP contribution in [0.15, 0.2) is 34.4 Å². The van der Waals surface area contributed by atoms with E-state index in [1.165, 1.54) is 6.07 Å². The zero-order valence-electron chi connectivity index (χ0n) is 6.12. The number of rotatable bonds is 2. The second kappa shape index (κ2) is 3.49. The van der Waals surface area contributed by atoms with Gasteiger partial charge in [-0.2, -0.15) is 0 Å². The molecule has 0 amide bonds. The summed E-state index contributed by atoms with van der Waals surface area (Å²) in [7, 11) is 0. The number of nitroso groups, excluding NO2 is 1. The van der Waals surface area contributed by atoms with Crippen molar-refractivity contribution in [3.05, 3.63) is 39.7 Å². The summed E-state index contributed by atoms with van der Waals surface area (Å²) in [5.74, 6) is -0.161. The normalized spacial score (nSPS) is 9.42. The van der Waals surface area contributed by atoms with Crippen molar-refractivity contribution in [2.75, 3.05) is 0 Å². The Labute approximate surface area is 77.8 Å². The molecule has 1 N–H and O–H groups in total. The number of halogens is 1. The first-order valence-electron chi connectivity index (χ1n) is 3.16. The van der Waals surface area contributed by atoms with E-state index in [2.05, 4.69) is 27.7 Å². The van der Waals surface area contributed by atoms with Crippen LogP contribution in [0.3, 0.4) is 0 Å². The summed E-state index contributed by atoms with van der Waals surface area (Å²) in [4.78, 5) is 10.2. The molecule has 0 spiro atoms. The molecule has 3 nitrogen and oxygen atoms in total. The molecule has 0 aliphatic heterocycles. The predicted molar refractivity (Wildman–Crippen MR) is 51.3 cm³/mol. The van der Waals surface area contributed by atoms with Crippen LogP contribution in [0.25, 0.3) is 5.76 Å². The molecule has 0 fully saturated rings. The quantitative estimate of drug-likeness (QED) is 0.623. The zero-order chi connectivity index (χ0) is 9.14. The van der Waals surface area contributed by atoms with E-state index >= 15 is 0 Å². The van der Waals surface area contributed by atoms with Crippen LogP contribution in [-0.2, 0) is 0 Å². The third kappa shape index (κ3) is 1.71. The van der Waals surface area contributed by atoms with Gasteiger partial charge in [0.1, 0.15) is 11.4 Å². The van der Waals surface area contributed by atoms with E-state index < -0.39 is 0 Å². The average Bonchev–Trinajstić information content (AvgIpc) is 2.04. The molecular formula is C8H6BrNO2. The van der Waals surface area contributed by atoms with Crippen molar-refractivity contribution in [2.24, 2.45) is 5.18 Å². The van der Waals surface area contributed by atoms with Gasteiger partial charge in [0.05, 0.1) is 0 Å². The van der Waals surface area contributed by atoms with Crippen LogP contribution in [0.5, 0.6) is 0 Å². The summed E-state index contributed by atoms with van der Waals surface area (Å²) in [5, 5.41) is 11.8. The molecule has 1 aromatic rings. The van der Waals surface area contributed by atoms with Crippen LogP contribution in [0.2, 0.25) is 0 Å². The molecule has 0 saturated heterocycles. The Balaban J connectivity index is 3.30. The highest BCUT2D eigenvalue weighted by molar-refractivity contribution is 9.10. The van der Waals surface area contributed by atoms with Gasteiger partial charge in [0, 0.05) is 10.0 Å².